The van der Waals surface area contributed by atoms with Gasteiger partial charge >= 0.3 is 0 Å². The predicted octanol–water partition coefficient (Wildman–Crippen LogP) is 2.39. The van der Waals surface area contributed by atoms with Crippen LogP contribution in [-0.4, -0.2) is 40.5 Å². The van der Waals surface area contributed by atoms with E-state index in [0.717, 1.165) is 49.2 Å². The number of nitrogens with zero attached hydrogens (tertiary/aromatic N) is 5. The minimum Gasteiger partial charge on any atom is -0.444 e. The molecule has 2 aromatic heterocycles. The lowest BCUT2D eigenvalue weighted by Crippen LogP contribution is -2.32. The van der Waals surface area contributed by atoms with E-state index < -0.39 is 0 Å². The average molecular weight is 315 g/mol. The summed E-state index contributed by atoms with van der Waals surface area (Å²) in [6.45, 7) is 8.91. The van der Waals surface area contributed by atoms with Crippen molar-refractivity contribution in [2.45, 2.75) is 45.7 Å². The lowest BCUT2D eigenvalue weighted by Gasteiger charge is -2.29. The number of anilines is 1. The SMILES string of the molecule is CN(C)c1ncnc2c1CN(Cc1ncc(C(C)(C)C)o1)CC2. The molecule has 0 saturated carbocycles. The first kappa shape index (κ1) is 15.9. The molecule has 1 aliphatic heterocycles. The molecule has 0 spiro atoms. The summed E-state index contributed by atoms with van der Waals surface area (Å²) < 4.78 is 5.92. The molecular weight excluding hydrogens is 290 g/mol. The smallest absolute Gasteiger partial charge is 0.208 e. The third-order valence-electron chi connectivity index (χ3n) is 4.13. The van der Waals surface area contributed by atoms with Gasteiger partial charge in [-0.2, -0.15) is 0 Å². The number of hydrogen-bond donors (Lipinski definition) is 0. The highest BCUT2D eigenvalue weighted by Gasteiger charge is 2.24. The zero-order valence-electron chi connectivity index (χ0n) is 14.6. The van der Waals surface area contributed by atoms with Gasteiger partial charge in [-0.15, -0.1) is 0 Å². The maximum absolute atomic E-state index is 5.92. The third kappa shape index (κ3) is 3.37. The highest BCUT2D eigenvalue weighted by Crippen LogP contribution is 2.27. The van der Waals surface area contributed by atoms with Crippen LogP contribution in [0.3, 0.4) is 0 Å². The normalized spacial score (nSPS) is 15.5. The Kier molecular flexibility index (Phi) is 4.10. The van der Waals surface area contributed by atoms with Crippen LogP contribution in [0.5, 0.6) is 0 Å². The molecule has 0 atom stereocenters. The molecule has 3 heterocycles. The number of rotatable bonds is 3. The molecule has 0 N–H and O–H groups in total. The van der Waals surface area contributed by atoms with E-state index in [2.05, 4.69) is 40.6 Å². The van der Waals surface area contributed by atoms with Gasteiger partial charge in [0.05, 0.1) is 18.4 Å². The van der Waals surface area contributed by atoms with Crippen LogP contribution >= 0.6 is 0 Å². The lowest BCUT2D eigenvalue weighted by molar-refractivity contribution is 0.214. The molecule has 3 rings (SSSR count). The van der Waals surface area contributed by atoms with Crippen molar-refractivity contribution < 1.29 is 4.42 Å². The van der Waals surface area contributed by atoms with Crippen molar-refractivity contribution >= 4 is 5.82 Å². The fourth-order valence-corrected chi connectivity index (χ4v) is 2.82. The van der Waals surface area contributed by atoms with Crippen LogP contribution in [-0.2, 0) is 24.9 Å². The summed E-state index contributed by atoms with van der Waals surface area (Å²) in [5.41, 5.74) is 2.36. The van der Waals surface area contributed by atoms with Crippen LogP contribution in [0.2, 0.25) is 0 Å². The molecule has 1 aliphatic rings. The van der Waals surface area contributed by atoms with Crippen molar-refractivity contribution in [3.05, 3.63) is 35.4 Å². The summed E-state index contributed by atoms with van der Waals surface area (Å²) in [4.78, 5) is 17.7. The van der Waals surface area contributed by atoms with Crippen molar-refractivity contribution in [1.29, 1.82) is 0 Å². The molecule has 0 aliphatic carbocycles. The van der Waals surface area contributed by atoms with E-state index >= 15 is 0 Å². The van der Waals surface area contributed by atoms with Gasteiger partial charge in [0.25, 0.3) is 0 Å². The molecule has 0 bridgehead atoms. The van der Waals surface area contributed by atoms with Gasteiger partial charge in [-0.3, -0.25) is 4.90 Å². The van der Waals surface area contributed by atoms with Crippen molar-refractivity contribution in [3.8, 4) is 0 Å². The van der Waals surface area contributed by atoms with E-state index in [0.29, 0.717) is 0 Å². The fraction of sp³-hybridized carbons (Fsp3) is 0.588. The van der Waals surface area contributed by atoms with Gasteiger partial charge in [0.1, 0.15) is 17.9 Å². The summed E-state index contributed by atoms with van der Waals surface area (Å²) >= 11 is 0. The predicted molar refractivity (Wildman–Crippen MR) is 89.4 cm³/mol. The van der Waals surface area contributed by atoms with E-state index in [4.69, 9.17) is 4.42 Å². The number of hydrogen-bond acceptors (Lipinski definition) is 6. The molecule has 6 nitrogen and oxygen atoms in total. The van der Waals surface area contributed by atoms with Crippen LogP contribution < -0.4 is 4.90 Å². The Morgan fingerprint density at radius 3 is 2.65 bits per heavy atom. The molecule has 0 saturated heterocycles. The molecule has 2 aromatic rings. The van der Waals surface area contributed by atoms with E-state index in [1.54, 1.807) is 6.33 Å². The van der Waals surface area contributed by atoms with E-state index in [-0.39, 0.29) is 5.41 Å². The maximum Gasteiger partial charge on any atom is 0.208 e. The molecule has 0 amide bonds. The molecule has 124 valence electrons. The second-order valence-electron chi connectivity index (χ2n) is 7.35. The molecular formula is C17H25N5O. The van der Waals surface area contributed by atoms with Crippen LogP contribution in [0.1, 0.15) is 43.7 Å². The number of oxazole rings is 1. The first-order valence-electron chi connectivity index (χ1n) is 8.02. The van der Waals surface area contributed by atoms with Crippen LogP contribution in [0, 0.1) is 0 Å². The molecule has 0 aromatic carbocycles. The summed E-state index contributed by atoms with van der Waals surface area (Å²) in [5, 5.41) is 0. The Morgan fingerprint density at radius 2 is 2.00 bits per heavy atom. The highest BCUT2D eigenvalue weighted by atomic mass is 16.4. The van der Waals surface area contributed by atoms with Crippen molar-refractivity contribution in [2.24, 2.45) is 0 Å². The Labute approximate surface area is 137 Å². The summed E-state index contributed by atoms with van der Waals surface area (Å²) in [5.74, 6) is 2.71. The number of aromatic nitrogens is 3. The Balaban J connectivity index is 1.76. The molecule has 0 unspecified atom stereocenters. The minimum atomic E-state index is -0.00825. The zero-order chi connectivity index (χ0) is 16.6. The Hall–Kier alpha value is -1.95. The van der Waals surface area contributed by atoms with Gasteiger partial charge in [-0.25, -0.2) is 15.0 Å². The topological polar surface area (TPSA) is 58.3 Å². The van der Waals surface area contributed by atoms with Crippen molar-refractivity contribution in [1.82, 2.24) is 19.9 Å². The van der Waals surface area contributed by atoms with Crippen LogP contribution in [0.15, 0.2) is 16.9 Å². The Bertz CT molecular complexity index is 687. The quantitative estimate of drug-likeness (QED) is 0.867. The van der Waals surface area contributed by atoms with Crippen LogP contribution in [0.4, 0.5) is 5.82 Å². The first-order valence-corrected chi connectivity index (χ1v) is 8.02. The second-order valence-corrected chi connectivity index (χ2v) is 7.35. The van der Waals surface area contributed by atoms with Crippen LogP contribution in [0.25, 0.3) is 0 Å². The average Bonchev–Trinajstić information content (AvgIpc) is 2.95. The van der Waals surface area contributed by atoms with Crippen molar-refractivity contribution in [2.75, 3.05) is 25.5 Å². The van der Waals surface area contributed by atoms with Gasteiger partial charge in [0, 0.05) is 44.6 Å². The summed E-state index contributed by atoms with van der Waals surface area (Å²) in [7, 11) is 4.04. The fourth-order valence-electron chi connectivity index (χ4n) is 2.82. The lowest BCUT2D eigenvalue weighted by atomic mass is 9.94. The van der Waals surface area contributed by atoms with Crippen molar-refractivity contribution in [3.63, 3.8) is 0 Å². The van der Waals surface area contributed by atoms with Gasteiger partial charge in [0.2, 0.25) is 5.89 Å². The standard InChI is InChI=1S/C17H25N5O/c1-17(2,3)14-8-18-15(23-14)10-22-7-6-13-12(9-22)16(21(4)5)20-11-19-13/h8,11H,6-7,9-10H2,1-5H3. The summed E-state index contributed by atoms with van der Waals surface area (Å²) in [6, 6.07) is 0. The zero-order valence-corrected chi connectivity index (χ0v) is 14.6. The molecule has 23 heavy (non-hydrogen) atoms. The second kappa shape index (κ2) is 5.92. The summed E-state index contributed by atoms with van der Waals surface area (Å²) in [6.07, 6.45) is 4.45. The van der Waals surface area contributed by atoms with Gasteiger partial charge in [-0.05, 0) is 0 Å². The first-order chi connectivity index (χ1) is 10.8. The van der Waals surface area contributed by atoms with Gasteiger partial charge < -0.3 is 9.32 Å². The maximum atomic E-state index is 5.92. The van der Waals surface area contributed by atoms with Gasteiger partial charge in [-0.1, -0.05) is 20.8 Å². The number of fused-ring (bicyclic) bond motifs is 1. The van der Waals surface area contributed by atoms with Gasteiger partial charge in [0.15, 0.2) is 0 Å². The van der Waals surface area contributed by atoms with E-state index in [1.807, 2.05) is 25.2 Å². The van der Waals surface area contributed by atoms with E-state index in [1.165, 1.54) is 5.56 Å². The Morgan fingerprint density at radius 1 is 1.22 bits per heavy atom. The third-order valence-corrected chi connectivity index (χ3v) is 4.13. The highest BCUT2D eigenvalue weighted by molar-refractivity contribution is 5.48. The largest absolute Gasteiger partial charge is 0.444 e. The monoisotopic (exact) mass is 315 g/mol. The molecule has 0 radical (unpaired) electrons. The molecule has 0 fully saturated rings. The van der Waals surface area contributed by atoms with E-state index in [9.17, 15) is 0 Å². The molecule has 6 heteroatoms. The minimum absolute atomic E-state index is 0.00825.